The van der Waals surface area contributed by atoms with Gasteiger partial charge in [0.15, 0.2) is 0 Å². The van der Waals surface area contributed by atoms with Crippen LogP contribution < -0.4 is 11.0 Å². The Balaban J connectivity index is 2.37. The highest BCUT2D eigenvalue weighted by Crippen LogP contribution is 1.75. The van der Waals surface area contributed by atoms with Crippen molar-refractivity contribution in [2.45, 2.75) is 0 Å². The van der Waals surface area contributed by atoms with Crippen LogP contribution in [0.15, 0.2) is 0 Å². The van der Waals surface area contributed by atoms with E-state index in [1.165, 1.54) is 0 Å². The van der Waals surface area contributed by atoms with E-state index in [1.807, 2.05) is 11.0 Å². The highest BCUT2D eigenvalue weighted by Gasteiger charge is 2.06. The van der Waals surface area contributed by atoms with Crippen LogP contribution in [0.4, 0.5) is 4.79 Å². The van der Waals surface area contributed by atoms with Gasteiger partial charge in [0, 0.05) is 0 Å². The Kier molecular flexibility index (Phi) is 0.627. The minimum absolute atomic E-state index is 0.491. The zero-order chi connectivity index (χ0) is 4.41. The van der Waals surface area contributed by atoms with Crippen molar-refractivity contribution in [3.63, 3.8) is 0 Å². The summed E-state index contributed by atoms with van der Waals surface area (Å²) < 4.78 is 0. The third-order valence-corrected chi connectivity index (χ3v) is 0.310. The molecule has 0 atom stereocenters. The van der Waals surface area contributed by atoms with Crippen LogP contribution in [-0.4, -0.2) is 6.03 Å². The molecule has 5 nitrogen and oxygen atoms in total. The first-order valence-corrected chi connectivity index (χ1v) is 1.28. The fourth-order valence-corrected chi connectivity index (χ4v) is 0.138. The van der Waals surface area contributed by atoms with E-state index in [0.717, 1.165) is 0 Å². The molecule has 2 N–H and O–H groups in total. The Bertz CT molecular complexity index is 63.2. The Labute approximate surface area is 33.1 Å². The number of amides is 2. The third-order valence-electron chi connectivity index (χ3n) is 0.310. The second-order valence-corrected chi connectivity index (χ2v) is 0.700. The Morgan fingerprint density at radius 1 is 1.33 bits per heavy atom. The van der Waals surface area contributed by atoms with Crippen LogP contribution in [0.5, 0.6) is 0 Å². The lowest BCUT2D eigenvalue weighted by Crippen LogP contribution is -2.19. The van der Waals surface area contributed by atoms with Crippen LogP contribution in [-0.2, 0) is 9.98 Å². The predicted octanol–water partition coefficient (Wildman–Crippen LogP) is -0.923. The summed E-state index contributed by atoms with van der Waals surface area (Å²) in [5, 5.41) is 0. The number of carbonyl (C=O) groups is 1. The molecule has 0 saturated carbocycles. The topological polar surface area (TPSA) is 59.6 Å². The molecule has 1 saturated heterocycles. The monoisotopic (exact) mass is 90.0 g/mol. The van der Waals surface area contributed by atoms with Gasteiger partial charge < -0.3 is 0 Å². The summed E-state index contributed by atoms with van der Waals surface area (Å²) >= 11 is 0. The lowest BCUT2D eigenvalue weighted by Gasteiger charge is -1.73. The van der Waals surface area contributed by atoms with Gasteiger partial charge in [-0.2, -0.15) is 11.0 Å². The van der Waals surface area contributed by atoms with Crippen molar-refractivity contribution in [1.82, 2.24) is 11.0 Å². The molecule has 6 heavy (non-hydrogen) atoms. The average Bonchev–Trinajstić information content (AvgIpc) is 1.86. The molecule has 34 valence electrons. The van der Waals surface area contributed by atoms with Gasteiger partial charge in [0.05, 0.1) is 0 Å². The quantitative estimate of drug-likeness (QED) is 0.378. The predicted molar refractivity (Wildman–Crippen MR) is 13.8 cm³/mol. The SMILES string of the molecule is O=C1NOON1. The first-order valence-electron chi connectivity index (χ1n) is 1.28. The molecule has 1 fully saturated rings. The number of hydrogen-bond acceptors (Lipinski definition) is 3. The number of hydroxylamine groups is 2. The van der Waals surface area contributed by atoms with E-state index < -0.39 is 6.03 Å². The van der Waals surface area contributed by atoms with Crippen molar-refractivity contribution in [3.8, 4) is 0 Å². The van der Waals surface area contributed by atoms with E-state index in [9.17, 15) is 4.79 Å². The molecule has 0 unspecified atom stereocenters. The van der Waals surface area contributed by atoms with E-state index in [1.54, 1.807) is 0 Å². The van der Waals surface area contributed by atoms with E-state index in [2.05, 4.69) is 9.98 Å². The van der Waals surface area contributed by atoms with Crippen LogP contribution in [0.25, 0.3) is 0 Å². The minimum Gasteiger partial charge on any atom is -0.244 e. The van der Waals surface area contributed by atoms with Crippen LogP contribution in [0.2, 0.25) is 0 Å². The van der Waals surface area contributed by atoms with Crippen molar-refractivity contribution < 1.29 is 14.8 Å². The number of rotatable bonds is 0. The first kappa shape index (κ1) is 3.38. The van der Waals surface area contributed by atoms with Gasteiger partial charge >= 0.3 is 6.03 Å². The van der Waals surface area contributed by atoms with Gasteiger partial charge in [-0.1, -0.05) is 9.98 Å². The van der Waals surface area contributed by atoms with Gasteiger partial charge in [0.1, 0.15) is 0 Å². The third kappa shape index (κ3) is 0.399. The highest BCUT2D eigenvalue weighted by molar-refractivity contribution is 5.71. The molecule has 5 heteroatoms. The molecular weight excluding hydrogens is 88.0 g/mol. The normalized spacial score (nSPS) is 19.7. The van der Waals surface area contributed by atoms with E-state index in [4.69, 9.17) is 0 Å². The smallest absolute Gasteiger partial charge is 0.244 e. The van der Waals surface area contributed by atoms with Crippen molar-refractivity contribution in [1.29, 1.82) is 0 Å². The second kappa shape index (κ2) is 1.11. The zero-order valence-electron chi connectivity index (χ0n) is 2.72. The summed E-state index contributed by atoms with van der Waals surface area (Å²) in [5.41, 5.74) is 3.69. The van der Waals surface area contributed by atoms with Crippen LogP contribution in [0, 0.1) is 0 Å². The zero-order valence-corrected chi connectivity index (χ0v) is 2.72. The molecule has 0 aromatic carbocycles. The van der Waals surface area contributed by atoms with Crippen LogP contribution >= 0.6 is 0 Å². The first-order chi connectivity index (χ1) is 2.89. The van der Waals surface area contributed by atoms with Crippen molar-refractivity contribution >= 4 is 6.03 Å². The van der Waals surface area contributed by atoms with Crippen molar-refractivity contribution in [3.05, 3.63) is 0 Å². The fraction of sp³-hybridized carbons (Fsp3) is 0. The summed E-state index contributed by atoms with van der Waals surface area (Å²) in [6, 6.07) is -0.491. The fourth-order valence-electron chi connectivity index (χ4n) is 0.138. The Morgan fingerprint density at radius 3 is 2.00 bits per heavy atom. The van der Waals surface area contributed by atoms with Gasteiger partial charge in [0.25, 0.3) is 0 Å². The summed E-state index contributed by atoms with van der Waals surface area (Å²) in [7, 11) is 0. The standard InChI is InChI=1S/CH2N2O3/c4-1-2-5-6-3-1/h(H2,2,3,4). The molecule has 0 aliphatic carbocycles. The van der Waals surface area contributed by atoms with E-state index in [-0.39, 0.29) is 0 Å². The molecule has 0 bridgehead atoms. The van der Waals surface area contributed by atoms with E-state index in [0.29, 0.717) is 0 Å². The molecule has 0 aromatic rings. The summed E-state index contributed by atoms with van der Waals surface area (Å²) in [4.78, 5) is 17.5. The highest BCUT2D eigenvalue weighted by atomic mass is 17.3. The summed E-state index contributed by atoms with van der Waals surface area (Å²) in [6.45, 7) is 0. The van der Waals surface area contributed by atoms with Gasteiger partial charge in [0.2, 0.25) is 0 Å². The molecule has 1 heterocycles. The molecule has 0 radical (unpaired) electrons. The maximum atomic E-state index is 9.77. The minimum atomic E-state index is -0.491. The number of hydrogen-bond donors (Lipinski definition) is 2. The molecule has 1 rings (SSSR count). The maximum Gasteiger partial charge on any atom is 0.367 e. The van der Waals surface area contributed by atoms with E-state index >= 15 is 0 Å². The Hall–Kier alpha value is -0.810. The van der Waals surface area contributed by atoms with Crippen LogP contribution in [0.1, 0.15) is 0 Å². The second-order valence-electron chi connectivity index (χ2n) is 0.700. The lowest BCUT2D eigenvalue weighted by molar-refractivity contribution is -0.316. The maximum absolute atomic E-state index is 9.77. The molecule has 1 aliphatic heterocycles. The largest absolute Gasteiger partial charge is 0.367 e. The molecule has 0 aromatic heterocycles. The average molecular weight is 90.0 g/mol. The van der Waals surface area contributed by atoms with Crippen molar-refractivity contribution in [2.24, 2.45) is 0 Å². The van der Waals surface area contributed by atoms with Crippen molar-refractivity contribution in [2.75, 3.05) is 0 Å². The summed E-state index contributed by atoms with van der Waals surface area (Å²) in [6.07, 6.45) is 0. The molecule has 0 spiro atoms. The molecule has 1 aliphatic rings. The molecular formula is CH2N2O3. The summed E-state index contributed by atoms with van der Waals surface area (Å²) in [5.74, 6) is 0. The lowest BCUT2D eigenvalue weighted by atomic mass is 11.2. The number of urea groups is 1. The molecule has 2 amide bonds. The Morgan fingerprint density at radius 2 is 1.83 bits per heavy atom. The van der Waals surface area contributed by atoms with Crippen LogP contribution in [0.3, 0.4) is 0 Å². The number of carbonyl (C=O) groups excluding carboxylic acids is 1. The van der Waals surface area contributed by atoms with Gasteiger partial charge in [-0.15, -0.1) is 0 Å². The van der Waals surface area contributed by atoms with Gasteiger partial charge in [-0.05, 0) is 0 Å². The van der Waals surface area contributed by atoms with Gasteiger partial charge in [-0.3, -0.25) is 0 Å². The van der Waals surface area contributed by atoms with Gasteiger partial charge in [-0.25, -0.2) is 4.79 Å². The number of nitrogens with one attached hydrogen (secondary N) is 2.